The molecule has 18 heteroatoms. The van der Waals surface area contributed by atoms with Crippen LogP contribution in [0.3, 0.4) is 0 Å². The molecule has 0 amide bonds. The molecule has 0 radical (unpaired) electrons. The number of aliphatic hydroxyl groups is 2. The second kappa shape index (κ2) is 83.1. The van der Waals surface area contributed by atoms with Gasteiger partial charge in [0.15, 0.2) is 6.10 Å². The summed E-state index contributed by atoms with van der Waals surface area (Å²) in [4.78, 5) is 58.8. The van der Waals surface area contributed by atoms with Crippen molar-refractivity contribution >= 4 is 33.6 Å². The number of allylic oxidation sites excluding steroid dienone is 22. The van der Waals surface area contributed by atoms with Crippen LogP contribution in [0.15, 0.2) is 134 Å². The van der Waals surface area contributed by atoms with Crippen molar-refractivity contribution in [2.75, 3.05) is 39.6 Å². The lowest BCUT2D eigenvalue weighted by Gasteiger charge is -2.21. The monoisotopic (exact) mass is 1570 g/mol. The number of hydrogen-bond acceptors (Lipinski definition) is 14. The van der Waals surface area contributed by atoms with Gasteiger partial charge >= 0.3 is 33.6 Å². The third-order valence-electron chi connectivity index (χ3n) is 18.3. The summed E-state index contributed by atoms with van der Waals surface area (Å²) < 4.78 is 61.3. The minimum Gasteiger partial charge on any atom is -0.463 e. The van der Waals surface area contributed by atoms with Crippen molar-refractivity contribution in [3.63, 3.8) is 0 Å². The fraction of sp³-hybridized carbons (Fsp3) is 0.725. The minimum atomic E-state index is -4.94. The molecule has 0 aromatic heterocycles. The number of esters is 3. The Hall–Kier alpha value is -4.31. The summed E-state index contributed by atoms with van der Waals surface area (Å²) in [5, 5.41) is 20.7. The first-order valence-electron chi connectivity index (χ1n) is 43.5. The molecule has 0 saturated heterocycles. The Balaban J connectivity index is 4.51. The van der Waals surface area contributed by atoms with E-state index in [4.69, 9.17) is 32.3 Å². The smallest absolute Gasteiger partial charge is 0.463 e. The highest BCUT2D eigenvalue weighted by Gasteiger charge is 2.29. The third kappa shape index (κ3) is 84.4. The van der Waals surface area contributed by atoms with Gasteiger partial charge in [-0.1, -0.05) is 347 Å². The van der Waals surface area contributed by atoms with Gasteiger partial charge < -0.3 is 34.2 Å². The topological polar surface area (TPSA) is 231 Å². The van der Waals surface area contributed by atoms with Gasteiger partial charge in [-0.05, 0) is 135 Å². The van der Waals surface area contributed by atoms with Crippen LogP contribution in [-0.4, -0.2) is 95.9 Å². The molecule has 4 N–H and O–H groups in total. The number of phosphoric acid groups is 2. The molecule has 0 aromatic carbocycles. The lowest BCUT2D eigenvalue weighted by molar-refractivity contribution is -0.161. The summed E-state index contributed by atoms with van der Waals surface area (Å²) in [7, 11) is -9.80. The van der Waals surface area contributed by atoms with Gasteiger partial charge in [0.2, 0.25) is 0 Å². The molecule has 0 bridgehead atoms. The number of phosphoric ester groups is 2. The molecule has 5 unspecified atom stereocenters. The van der Waals surface area contributed by atoms with Gasteiger partial charge in [-0.15, -0.1) is 0 Å². The molecule has 0 aliphatic heterocycles. The molecule has 0 saturated carbocycles. The van der Waals surface area contributed by atoms with Gasteiger partial charge in [-0.3, -0.25) is 32.5 Å². The predicted molar refractivity (Wildman–Crippen MR) is 454 cm³/mol. The van der Waals surface area contributed by atoms with Crippen LogP contribution < -0.4 is 0 Å². The van der Waals surface area contributed by atoms with Gasteiger partial charge in [0.25, 0.3) is 0 Å². The molecule has 0 aliphatic rings. The number of rotatable bonds is 82. The van der Waals surface area contributed by atoms with Crippen molar-refractivity contribution in [3.05, 3.63) is 134 Å². The number of carbonyl (C=O) groups is 3. The average molecular weight is 1570 g/mol. The molecule has 16 nitrogen and oxygen atoms in total. The van der Waals surface area contributed by atoms with Crippen molar-refractivity contribution in [2.24, 2.45) is 0 Å². The van der Waals surface area contributed by atoms with Crippen LogP contribution in [0.2, 0.25) is 0 Å². The third-order valence-corrected chi connectivity index (χ3v) is 20.2. The zero-order chi connectivity index (χ0) is 79.4. The van der Waals surface area contributed by atoms with Gasteiger partial charge in [0, 0.05) is 19.3 Å². The van der Waals surface area contributed by atoms with Crippen molar-refractivity contribution in [1.29, 1.82) is 0 Å². The molecular weight excluding hydrogens is 1410 g/mol. The first-order chi connectivity index (χ1) is 53.2. The summed E-state index contributed by atoms with van der Waals surface area (Å²) in [5.74, 6) is -1.57. The van der Waals surface area contributed by atoms with Gasteiger partial charge in [-0.25, -0.2) is 9.13 Å². The van der Waals surface area contributed by atoms with E-state index in [1.54, 1.807) is 0 Å². The van der Waals surface area contributed by atoms with Gasteiger partial charge in [0.05, 0.1) is 26.4 Å². The van der Waals surface area contributed by atoms with Crippen LogP contribution in [0.4, 0.5) is 0 Å². The fourth-order valence-electron chi connectivity index (χ4n) is 11.8. The normalized spacial score (nSPS) is 14.5. The maximum atomic E-state index is 13.0. The van der Waals surface area contributed by atoms with E-state index in [2.05, 4.69) is 154 Å². The zero-order valence-corrected chi connectivity index (χ0v) is 70.7. The van der Waals surface area contributed by atoms with E-state index in [-0.39, 0.29) is 19.3 Å². The number of carbonyl (C=O) groups excluding carboxylic acids is 3. The quantitative estimate of drug-likeness (QED) is 0.0146. The molecule has 0 fully saturated rings. The molecule has 109 heavy (non-hydrogen) atoms. The Bertz CT molecular complexity index is 2510. The van der Waals surface area contributed by atoms with Crippen molar-refractivity contribution in [2.45, 2.75) is 386 Å². The fourth-order valence-corrected chi connectivity index (χ4v) is 13.4. The first kappa shape index (κ1) is 105. The number of hydrogen-bond donors (Lipinski definition) is 4. The van der Waals surface area contributed by atoms with Crippen molar-refractivity contribution < 1.29 is 75.8 Å². The molecule has 0 heterocycles. The number of unbranched alkanes of at least 4 members (excludes halogenated alkanes) is 37. The van der Waals surface area contributed by atoms with E-state index in [0.717, 1.165) is 161 Å². The van der Waals surface area contributed by atoms with E-state index in [1.165, 1.54) is 148 Å². The van der Waals surface area contributed by atoms with Crippen LogP contribution in [0.1, 0.15) is 367 Å². The summed E-state index contributed by atoms with van der Waals surface area (Å²) >= 11 is 0. The zero-order valence-electron chi connectivity index (χ0n) is 68.9. The van der Waals surface area contributed by atoms with E-state index in [9.17, 15) is 43.5 Å². The summed E-state index contributed by atoms with van der Waals surface area (Å²) in [5.41, 5.74) is 0. The largest absolute Gasteiger partial charge is 0.472 e. The minimum absolute atomic E-state index is 0.0944. The Labute approximate surface area is 665 Å². The highest BCUT2D eigenvalue weighted by Crippen LogP contribution is 2.45. The molecule has 0 spiro atoms. The number of aliphatic hydroxyl groups excluding tert-OH is 2. The standard InChI is InChI=1S/C91H158O16P2/c1-4-7-10-13-16-19-22-25-28-30-32-34-36-38-40-42-44-46-48-50-52-54-57-59-62-65-68-71-74-77-89(94)101-80-86(92)81-103-108(97,98)104-82-87(93)83-105-109(99,100)106-85-88(107-91(96)79-76-73-70-67-64-61-56-27-24-21-18-15-12-9-6-3)84-102-90(95)78-75-72-69-66-63-60-58-55-53-51-49-47-45-43-41-39-37-35-33-31-29-26-23-20-17-14-11-8-5-2/h7-8,10-11,16-17,19-20,25-29,32-35,38-41,56,86-88,92-93H,4-6,9,12-15,18,21-24,30-31,36-37,42-55,57-85H2,1-3H3,(H,97,98)(H,99,100)/b10-7-,11-8-,19-16-,20-17-,28-25-,29-26-,34-32-,35-33-,40-38-,41-39-,56-27-. The molecular formula is C91H158O16P2. The molecule has 0 aromatic rings. The van der Waals surface area contributed by atoms with Gasteiger partial charge in [-0.2, -0.15) is 0 Å². The van der Waals surface area contributed by atoms with Gasteiger partial charge in [0.1, 0.15) is 25.4 Å². The predicted octanol–water partition coefficient (Wildman–Crippen LogP) is 26.2. The van der Waals surface area contributed by atoms with E-state index < -0.39 is 91.5 Å². The molecule has 0 aliphatic carbocycles. The maximum Gasteiger partial charge on any atom is 0.472 e. The van der Waals surface area contributed by atoms with Crippen molar-refractivity contribution in [3.8, 4) is 0 Å². The lowest BCUT2D eigenvalue weighted by atomic mass is 10.0. The van der Waals surface area contributed by atoms with Crippen LogP contribution in [0, 0.1) is 0 Å². The van der Waals surface area contributed by atoms with Crippen LogP contribution in [0.5, 0.6) is 0 Å². The first-order valence-corrected chi connectivity index (χ1v) is 46.5. The second-order valence-corrected chi connectivity index (χ2v) is 31.8. The summed E-state index contributed by atoms with van der Waals surface area (Å²) in [6, 6.07) is 0. The summed E-state index contributed by atoms with van der Waals surface area (Å²) in [6.45, 7) is 2.48. The molecule has 628 valence electrons. The Morgan fingerprint density at radius 3 is 0.780 bits per heavy atom. The SMILES string of the molecule is CC/C=C\C/C=C\C/C=C\C/C=C\C/C=C\CCCCCCCCCCCCCCCC(=O)OCC(O)COP(=O)(O)OCC(O)COP(=O)(O)OCC(COC(=O)CCCCCCCCCCCCCCC/C=C\C/C=C\C/C=C\C/C=C\C/C=C\CC)OC(=O)CCCCCCC/C=C\CCCCCCCC. The van der Waals surface area contributed by atoms with E-state index >= 15 is 0 Å². The Kier molecular flexibility index (Phi) is 79.8. The highest BCUT2D eigenvalue weighted by atomic mass is 31.2. The molecule has 5 atom stereocenters. The summed E-state index contributed by atoms with van der Waals surface area (Å²) in [6.07, 6.45) is 102. The number of ether oxygens (including phenoxy) is 3. The van der Waals surface area contributed by atoms with Crippen molar-refractivity contribution in [1.82, 2.24) is 0 Å². The highest BCUT2D eigenvalue weighted by molar-refractivity contribution is 7.47. The lowest BCUT2D eigenvalue weighted by Crippen LogP contribution is -2.30. The average Bonchev–Trinajstić information content (AvgIpc) is 0.903. The van der Waals surface area contributed by atoms with Crippen LogP contribution >= 0.6 is 15.6 Å². The Morgan fingerprint density at radius 2 is 0.486 bits per heavy atom. The Morgan fingerprint density at radius 1 is 0.266 bits per heavy atom. The molecule has 0 rings (SSSR count). The van der Waals surface area contributed by atoms with E-state index in [0.29, 0.717) is 19.3 Å². The van der Waals surface area contributed by atoms with E-state index in [1.807, 2.05) is 0 Å². The second-order valence-electron chi connectivity index (χ2n) is 28.9. The van der Waals surface area contributed by atoms with Crippen LogP contribution in [-0.2, 0) is 55.8 Å². The maximum absolute atomic E-state index is 13.0. The van der Waals surface area contributed by atoms with Crippen LogP contribution in [0.25, 0.3) is 0 Å².